The third-order valence-corrected chi connectivity index (χ3v) is 3.03. The summed E-state index contributed by atoms with van der Waals surface area (Å²) >= 11 is 0. The Morgan fingerprint density at radius 1 is 1.50 bits per heavy atom. The third kappa shape index (κ3) is 2.92. The van der Waals surface area contributed by atoms with Gasteiger partial charge in [-0.1, -0.05) is 12.1 Å². The second-order valence-corrected chi connectivity index (χ2v) is 4.44. The second-order valence-electron chi connectivity index (χ2n) is 4.44. The molecule has 104 valence electrons. The molecule has 6 nitrogen and oxygen atoms in total. The fourth-order valence-corrected chi connectivity index (χ4v) is 2.00. The van der Waals surface area contributed by atoms with E-state index < -0.39 is 0 Å². The van der Waals surface area contributed by atoms with Crippen LogP contribution in [0.4, 0.5) is 0 Å². The summed E-state index contributed by atoms with van der Waals surface area (Å²) in [5, 5.41) is 8.15. The maximum Gasteiger partial charge on any atom is 0.227 e. The SMILES string of the molecule is Cc1ccc(-c2cnn(C)c2)cc1/C(CN)=N\NC=O. The van der Waals surface area contributed by atoms with Crippen molar-refractivity contribution >= 4 is 12.1 Å². The molecule has 1 amide bonds. The van der Waals surface area contributed by atoms with Gasteiger partial charge in [-0.2, -0.15) is 10.2 Å². The quantitative estimate of drug-likeness (QED) is 0.479. The van der Waals surface area contributed by atoms with Crippen LogP contribution in [0.15, 0.2) is 35.7 Å². The zero-order chi connectivity index (χ0) is 14.5. The number of hydrogen-bond donors (Lipinski definition) is 2. The molecule has 0 fully saturated rings. The van der Waals surface area contributed by atoms with Crippen LogP contribution in [-0.4, -0.2) is 28.4 Å². The van der Waals surface area contributed by atoms with Gasteiger partial charge in [-0.3, -0.25) is 9.48 Å². The van der Waals surface area contributed by atoms with E-state index in [1.54, 1.807) is 10.9 Å². The first-order chi connectivity index (χ1) is 9.65. The van der Waals surface area contributed by atoms with E-state index in [2.05, 4.69) is 15.6 Å². The summed E-state index contributed by atoms with van der Waals surface area (Å²) in [6.45, 7) is 2.23. The van der Waals surface area contributed by atoms with Crippen molar-refractivity contribution in [2.24, 2.45) is 17.9 Å². The summed E-state index contributed by atoms with van der Waals surface area (Å²) in [6.07, 6.45) is 4.27. The maximum absolute atomic E-state index is 10.4. The third-order valence-electron chi connectivity index (χ3n) is 3.03. The second kappa shape index (κ2) is 6.12. The van der Waals surface area contributed by atoms with E-state index >= 15 is 0 Å². The first kappa shape index (κ1) is 14.0. The summed E-state index contributed by atoms with van der Waals surface area (Å²) in [4.78, 5) is 10.4. The monoisotopic (exact) mass is 271 g/mol. The number of nitrogens with one attached hydrogen (secondary N) is 1. The van der Waals surface area contributed by atoms with Crippen LogP contribution in [0.25, 0.3) is 11.1 Å². The fraction of sp³-hybridized carbons (Fsp3) is 0.214. The van der Waals surface area contributed by atoms with Crippen LogP contribution in [-0.2, 0) is 11.8 Å². The van der Waals surface area contributed by atoms with E-state index in [4.69, 9.17) is 5.73 Å². The Labute approximate surface area is 117 Å². The molecule has 1 aromatic heterocycles. The van der Waals surface area contributed by atoms with Crippen LogP contribution in [0.1, 0.15) is 11.1 Å². The Hall–Kier alpha value is -2.47. The van der Waals surface area contributed by atoms with Crippen molar-refractivity contribution in [3.63, 3.8) is 0 Å². The first-order valence-electron chi connectivity index (χ1n) is 6.21. The smallest absolute Gasteiger partial charge is 0.227 e. The highest BCUT2D eigenvalue weighted by atomic mass is 16.1. The van der Waals surface area contributed by atoms with Gasteiger partial charge in [-0.15, -0.1) is 0 Å². The molecule has 6 heteroatoms. The van der Waals surface area contributed by atoms with Crippen LogP contribution in [0, 0.1) is 6.92 Å². The summed E-state index contributed by atoms with van der Waals surface area (Å²) in [7, 11) is 1.87. The van der Waals surface area contributed by atoms with Gasteiger partial charge in [0.1, 0.15) is 0 Å². The molecular weight excluding hydrogens is 254 g/mol. The highest BCUT2D eigenvalue weighted by molar-refractivity contribution is 6.04. The van der Waals surface area contributed by atoms with Gasteiger partial charge < -0.3 is 5.73 Å². The molecule has 0 bridgehead atoms. The lowest BCUT2D eigenvalue weighted by molar-refractivity contribution is -0.109. The van der Waals surface area contributed by atoms with Crippen molar-refractivity contribution in [3.8, 4) is 11.1 Å². The van der Waals surface area contributed by atoms with Crippen LogP contribution < -0.4 is 11.2 Å². The van der Waals surface area contributed by atoms with E-state index in [-0.39, 0.29) is 6.54 Å². The van der Waals surface area contributed by atoms with Crippen LogP contribution in [0.2, 0.25) is 0 Å². The van der Waals surface area contributed by atoms with Gasteiger partial charge in [0.15, 0.2) is 0 Å². The molecular formula is C14H17N5O. The number of benzene rings is 1. The number of amides is 1. The molecule has 2 aromatic rings. The van der Waals surface area contributed by atoms with Crippen molar-refractivity contribution in [2.75, 3.05) is 6.54 Å². The summed E-state index contributed by atoms with van der Waals surface area (Å²) in [6, 6.07) is 6.03. The predicted molar refractivity (Wildman–Crippen MR) is 78.2 cm³/mol. The molecule has 0 aliphatic rings. The lowest BCUT2D eigenvalue weighted by atomic mass is 9.98. The molecule has 20 heavy (non-hydrogen) atoms. The van der Waals surface area contributed by atoms with Gasteiger partial charge in [0.05, 0.1) is 11.9 Å². The molecule has 0 aliphatic carbocycles. The number of hydrogen-bond acceptors (Lipinski definition) is 4. The van der Waals surface area contributed by atoms with E-state index in [9.17, 15) is 4.79 Å². The zero-order valence-electron chi connectivity index (χ0n) is 11.5. The van der Waals surface area contributed by atoms with Gasteiger partial charge in [0.25, 0.3) is 0 Å². The predicted octanol–water partition coefficient (Wildman–Crippen LogP) is 0.804. The molecule has 0 saturated heterocycles. The number of nitrogens with two attached hydrogens (primary N) is 1. The average molecular weight is 271 g/mol. The van der Waals surface area contributed by atoms with E-state index in [0.717, 1.165) is 22.3 Å². The van der Waals surface area contributed by atoms with Gasteiger partial charge in [0, 0.05) is 30.9 Å². The van der Waals surface area contributed by atoms with Crippen molar-refractivity contribution < 1.29 is 4.79 Å². The zero-order valence-corrected chi connectivity index (χ0v) is 11.5. The topological polar surface area (TPSA) is 85.3 Å². The Morgan fingerprint density at radius 3 is 2.90 bits per heavy atom. The number of rotatable bonds is 5. The molecule has 2 rings (SSSR count). The number of nitrogens with zero attached hydrogens (tertiary/aromatic N) is 3. The molecule has 0 atom stereocenters. The number of carbonyl (C=O) groups is 1. The van der Waals surface area contributed by atoms with Crippen molar-refractivity contribution in [1.82, 2.24) is 15.2 Å². The summed E-state index contributed by atoms with van der Waals surface area (Å²) in [5.41, 5.74) is 12.7. The Kier molecular flexibility index (Phi) is 4.27. The van der Waals surface area contributed by atoms with Crippen molar-refractivity contribution in [3.05, 3.63) is 41.7 Å². The minimum atomic E-state index is 0.248. The van der Waals surface area contributed by atoms with Crippen molar-refractivity contribution in [1.29, 1.82) is 0 Å². The Morgan fingerprint density at radius 2 is 2.30 bits per heavy atom. The van der Waals surface area contributed by atoms with Crippen molar-refractivity contribution in [2.45, 2.75) is 6.92 Å². The molecule has 0 unspecified atom stereocenters. The van der Waals surface area contributed by atoms with Crippen LogP contribution in [0.5, 0.6) is 0 Å². The molecule has 3 N–H and O–H groups in total. The maximum atomic E-state index is 10.4. The minimum absolute atomic E-state index is 0.248. The minimum Gasteiger partial charge on any atom is -0.325 e. The van der Waals surface area contributed by atoms with E-state index in [1.165, 1.54) is 0 Å². The average Bonchev–Trinajstić information content (AvgIpc) is 2.88. The van der Waals surface area contributed by atoms with Gasteiger partial charge in [-0.25, -0.2) is 5.43 Å². The molecule has 0 saturated carbocycles. The number of aromatic nitrogens is 2. The van der Waals surface area contributed by atoms with Crippen LogP contribution >= 0.6 is 0 Å². The summed E-state index contributed by atoms with van der Waals surface area (Å²) < 4.78 is 1.75. The molecule has 0 spiro atoms. The number of hydrazone groups is 1. The lowest BCUT2D eigenvalue weighted by Crippen LogP contribution is -2.20. The molecule has 1 heterocycles. The highest BCUT2D eigenvalue weighted by Gasteiger charge is 2.09. The van der Waals surface area contributed by atoms with Gasteiger partial charge in [0.2, 0.25) is 6.41 Å². The first-order valence-corrected chi connectivity index (χ1v) is 6.21. The lowest BCUT2D eigenvalue weighted by Gasteiger charge is -2.09. The van der Waals surface area contributed by atoms with E-state index in [0.29, 0.717) is 12.1 Å². The molecule has 0 aliphatic heterocycles. The largest absolute Gasteiger partial charge is 0.325 e. The molecule has 1 aromatic carbocycles. The van der Waals surface area contributed by atoms with Gasteiger partial charge in [-0.05, 0) is 24.1 Å². The fourth-order valence-electron chi connectivity index (χ4n) is 2.00. The highest BCUT2D eigenvalue weighted by Crippen LogP contribution is 2.22. The van der Waals surface area contributed by atoms with Crippen LogP contribution in [0.3, 0.4) is 0 Å². The summed E-state index contributed by atoms with van der Waals surface area (Å²) in [5.74, 6) is 0. The Bertz CT molecular complexity index is 645. The van der Waals surface area contributed by atoms with E-state index in [1.807, 2.05) is 38.4 Å². The normalized spacial score (nSPS) is 11.4. The number of aryl methyl sites for hydroxylation is 2. The molecule has 0 radical (unpaired) electrons. The standard InChI is InChI=1S/C14H17N5O/c1-10-3-4-11(12-7-17-19(2)8-12)5-13(10)14(6-15)18-16-9-20/h3-5,7-9H,6,15H2,1-2H3,(H,16,20)/b18-14-. The number of carbonyl (C=O) groups excluding carboxylic acids is 1. The van der Waals surface area contributed by atoms with Gasteiger partial charge >= 0.3 is 0 Å². The Balaban J connectivity index is 2.45.